The number of hydrogen-bond donors (Lipinski definition) is 10. The van der Waals surface area contributed by atoms with Gasteiger partial charge >= 0.3 is 0 Å². The molecule has 0 aliphatic carbocycles. The molecule has 0 aromatic heterocycles. The van der Waals surface area contributed by atoms with Gasteiger partial charge in [-0.05, 0) is 34.1 Å². The van der Waals surface area contributed by atoms with Crippen molar-refractivity contribution in [2.45, 2.75) is 143 Å². The van der Waals surface area contributed by atoms with Gasteiger partial charge in [0.2, 0.25) is 0 Å². The van der Waals surface area contributed by atoms with E-state index >= 15 is 0 Å². The summed E-state index contributed by atoms with van der Waals surface area (Å²) in [5.74, 6) is 0. The lowest BCUT2D eigenvalue weighted by Crippen LogP contribution is -2.66. The van der Waals surface area contributed by atoms with E-state index in [9.17, 15) is 46.0 Å². The van der Waals surface area contributed by atoms with Crippen LogP contribution in [0, 0.1) is 0 Å². The third kappa shape index (κ3) is 7.81. The Bertz CT molecular complexity index is 939. The molecule has 45 heavy (non-hydrogen) atoms. The lowest BCUT2D eigenvalue weighted by atomic mass is 9.86. The van der Waals surface area contributed by atoms with Crippen LogP contribution in [-0.4, -0.2) is 193 Å². The normalized spacial score (nSPS) is 46.8. The Morgan fingerprint density at radius 3 is 1.67 bits per heavy atom. The fraction of sp³-hybridized carbons (Fsp3) is 1.00. The third-order valence-electron chi connectivity index (χ3n) is 9.02. The summed E-state index contributed by atoms with van der Waals surface area (Å²) >= 11 is 0. The first-order valence-electron chi connectivity index (χ1n) is 15.2. The van der Waals surface area contributed by atoms with Gasteiger partial charge in [-0.25, -0.2) is 0 Å². The Morgan fingerprint density at radius 1 is 0.600 bits per heavy atom. The number of aliphatic hydroxyl groups is 10. The van der Waals surface area contributed by atoms with E-state index in [1.54, 1.807) is 27.7 Å². The van der Waals surface area contributed by atoms with Crippen molar-refractivity contribution in [3.05, 3.63) is 0 Å². The van der Waals surface area contributed by atoms with Crippen molar-refractivity contribution in [1.29, 1.82) is 0 Å². The number of hydrogen-bond acceptors (Lipinski definition) is 17. The molecule has 0 amide bonds. The Balaban J connectivity index is 1.36. The first-order valence-corrected chi connectivity index (χ1v) is 15.2. The Morgan fingerprint density at radius 2 is 1.11 bits per heavy atom. The van der Waals surface area contributed by atoms with Crippen LogP contribution in [0.4, 0.5) is 0 Å². The fourth-order valence-electron chi connectivity index (χ4n) is 6.48. The van der Waals surface area contributed by atoms with E-state index < -0.39 is 116 Å². The topological polar surface area (TPSA) is 267 Å². The van der Waals surface area contributed by atoms with E-state index in [-0.39, 0.29) is 32.8 Å². The van der Waals surface area contributed by atoms with Crippen LogP contribution in [0.5, 0.6) is 0 Å². The van der Waals surface area contributed by atoms with Crippen LogP contribution in [0.3, 0.4) is 0 Å². The van der Waals surface area contributed by atoms with Crippen LogP contribution in [0.15, 0.2) is 0 Å². The molecule has 0 spiro atoms. The molecule has 4 aliphatic heterocycles. The molecule has 7 unspecified atom stereocenters. The van der Waals surface area contributed by atoms with Gasteiger partial charge in [0.15, 0.2) is 6.29 Å². The summed E-state index contributed by atoms with van der Waals surface area (Å²) in [7, 11) is 0. The van der Waals surface area contributed by atoms with Crippen molar-refractivity contribution in [2.75, 3.05) is 33.0 Å². The van der Waals surface area contributed by atoms with E-state index in [0.29, 0.717) is 0 Å². The zero-order valence-corrected chi connectivity index (χ0v) is 25.8. The average Bonchev–Trinajstić information content (AvgIpc) is 3.25. The lowest BCUT2D eigenvalue weighted by molar-refractivity contribution is -0.312. The first kappa shape index (κ1) is 37.1. The number of rotatable bonds is 11. The van der Waals surface area contributed by atoms with Crippen LogP contribution in [0.2, 0.25) is 0 Å². The lowest BCUT2D eigenvalue weighted by Gasteiger charge is -2.50. The third-order valence-corrected chi connectivity index (χ3v) is 9.02. The smallest absolute Gasteiger partial charge is 0.187 e. The molecule has 0 aromatic carbocycles. The molecule has 17 heteroatoms. The van der Waals surface area contributed by atoms with Crippen molar-refractivity contribution in [1.82, 2.24) is 0 Å². The molecule has 17 nitrogen and oxygen atoms in total. The predicted octanol–water partition coefficient (Wildman–Crippen LogP) is -5.12. The van der Waals surface area contributed by atoms with Crippen LogP contribution >= 0.6 is 0 Å². The van der Waals surface area contributed by atoms with E-state index in [1.165, 1.54) is 0 Å². The summed E-state index contributed by atoms with van der Waals surface area (Å²) in [6.45, 7) is 4.84. The molecule has 0 aromatic rings. The molecule has 0 bridgehead atoms. The second-order valence-corrected chi connectivity index (χ2v) is 13.2. The van der Waals surface area contributed by atoms with Crippen molar-refractivity contribution >= 4 is 0 Å². The standard InChI is InChI=1S/C28H50O17/c1-27(2,44-14-9-39-12(5-6-29)16(32)18(14)34)24-20(36)19(35)15(10-41-24)45-28(3,4)25-22(38)23(11(31)8-40-25)43-26-21(37)17(33)13(7-30)42-26/h11-26,29-38H,5-10H2,1-4H3/t11-,12+,13+,14-,15-,16?,17?,18?,19+,20?,21?,22?,23?,24-,25-,26+/m1/s1. The van der Waals surface area contributed by atoms with Gasteiger partial charge in [0.25, 0.3) is 0 Å². The second-order valence-electron chi connectivity index (χ2n) is 13.2. The van der Waals surface area contributed by atoms with E-state index in [4.69, 9.17) is 38.3 Å². The minimum absolute atomic E-state index is 0.0881. The van der Waals surface area contributed by atoms with Gasteiger partial charge in [-0.3, -0.25) is 0 Å². The van der Waals surface area contributed by atoms with Gasteiger partial charge in [-0.15, -0.1) is 0 Å². The zero-order valence-electron chi connectivity index (χ0n) is 25.8. The molecule has 0 saturated carbocycles. The number of ether oxygens (including phenoxy) is 7. The maximum absolute atomic E-state index is 11.1. The van der Waals surface area contributed by atoms with Gasteiger partial charge in [0.05, 0.1) is 43.7 Å². The highest BCUT2D eigenvalue weighted by Gasteiger charge is 2.54. The Labute approximate surface area is 260 Å². The zero-order chi connectivity index (χ0) is 33.4. The minimum Gasteiger partial charge on any atom is -0.396 e. The van der Waals surface area contributed by atoms with E-state index in [0.717, 1.165) is 0 Å². The van der Waals surface area contributed by atoms with Crippen molar-refractivity contribution in [3.8, 4) is 0 Å². The van der Waals surface area contributed by atoms with Crippen LogP contribution in [0.25, 0.3) is 0 Å². The van der Waals surface area contributed by atoms with Crippen LogP contribution in [0.1, 0.15) is 34.1 Å². The SMILES string of the molecule is CC(C)(O[C@@H]1CO[C@@H](C(C)(C)O[C@@H]2CO[C@@H](CCO)C(O)C2O)C(O)[C@H]1O)[C@@H]1OC[C@@H](O)C(O[C@@H]2O[C@@H](CO)C(O)C2O)C1O. The summed E-state index contributed by atoms with van der Waals surface area (Å²) in [4.78, 5) is 0. The van der Waals surface area contributed by atoms with Gasteiger partial charge in [-0.2, -0.15) is 0 Å². The van der Waals surface area contributed by atoms with Gasteiger partial charge in [0.1, 0.15) is 85.5 Å². The Hall–Kier alpha value is -0.680. The fourth-order valence-corrected chi connectivity index (χ4v) is 6.48. The highest BCUT2D eigenvalue weighted by Crippen LogP contribution is 2.36. The molecule has 0 radical (unpaired) electrons. The van der Waals surface area contributed by atoms with Crippen LogP contribution < -0.4 is 0 Å². The quantitative estimate of drug-likeness (QED) is 0.0995. The highest BCUT2D eigenvalue weighted by atomic mass is 16.7. The second kappa shape index (κ2) is 14.8. The van der Waals surface area contributed by atoms with E-state index in [2.05, 4.69) is 0 Å². The maximum Gasteiger partial charge on any atom is 0.187 e. The van der Waals surface area contributed by atoms with Crippen molar-refractivity contribution in [3.63, 3.8) is 0 Å². The monoisotopic (exact) mass is 658 g/mol. The molecular formula is C28H50O17. The molecule has 4 saturated heterocycles. The molecule has 10 N–H and O–H groups in total. The van der Waals surface area contributed by atoms with Gasteiger partial charge < -0.3 is 84.2 Å². The molecule has 4 fully saturated rings. The summed E-state index contributed by atoms with van der Waals surface area (Å²) in [6, 6.07) is 0. The van der Waals surface area contributed by atoms with Gasteiger partial charge in [0, 0.05) is 6.61 Å². The highest BCUT2D eigenvalue weighted by molar-refractivity contribution is 5.02. The number of aliphatic hydroxyl groups excluding tert-OH is 10. The van der Waals surface area contributed by atoms with E-state index in [1.807, 2.05) is 0 Å². The summed E-state index contributed by atoms with van der Waals surface area (Å²) in [5, 5.41) is 103. The van der Waals surface area contributed by atoms with Crippen molar-refractivity contribution < 1.29 is 84.2 Å². The molecule has 4 aliphatic rings. The maximum atomic E-state index is 11.1. The molecular weight excluding hydrogens is 608 g/mol. The molecule has 16 atom stereocenters. The summed E-state index contributed by atoms with van der Waals surface area (Å²) < 4.78 is 40.2. The molecule has 4 heterocycles. The first-order chi connectivity index (χ1) is 21.0. The minimum atomic E-state index is -1.55. The van der Waals surface area contributed by atoms with Gasteiger partial charge in [-0.1, -0.05) is 0 Å². The average molecular weight is 659 g/mol. The predicted molar refractivity (Wildman–Crippen MR) is 148 cm³/mol. The molecule has 264 valence electrons. The Kier molecular flexibility index (Phi) is 12.2. The largest absolute Gasteiger partial charge is 0.396 e. The summed E-state index contributed by atoms with van der Waals surface area (Å²) in [6.07, 6.45) is -20.5. The van der Waals surface area contributed by atoms with Crippen molar-refractivity contribution in [2.24, 2.45) is 0 Å². The van der Waals surface area contributed by atoms with Crippen LogP contribution in [-0.2, 0) is 33.2 Å². The molecule has 4 rings (SSSR count). The summed E-state index contributed by atoms with van der Waals surface area (Å²) in [5.41, 5.74) is -2.67.